The molecule has 4 nitrogen and oxygen atoms in total. The zero-order chi connectivity index (χ0) is 19.1. The van der Waals surface area contributed by atoms with Crippen LogP contribution in [0.5, 0.6) is 0 Å². The minimum absolute atomic E-state index is 0.218. The summed E-state index contributed by atoms with van der Waals surface area (Å²) in [5.41, 5.74) is 6.34. The first-order chi connectivity index (χ1) is 13.8. The van der Waals surface area contributed by atoms with E-state index in [0.717, 1.165) is 26.1 Å². The van der Waals surface area contributed by atoms with Crippen LogP contribution in [0.25, 0.3) is 10.9 Å². The van der Waals surface area contributed by atoms with Crippen molar-refractivity contribution in [2.24, 2.45) is 0 Å². The number of carbonyl (C=O) groups excluding carboxylic acids is 1. The van der Waals surface area contributed by atoms with E-state index in [4.69, 9.17) is 4.74 Å². The second-order valence-corrected chi connectivity index (χ2v) is 7.98. The van der Waals surface area contributed by atoms with Crippen molar-refractivity contribution < 1.29 is 14.4 Å². The monoisotopic (exact) mass is 375 g/mol. The molecule has 4 heteroatoms. The van der Waals surface area contributed by atoms with Crippen LogP contribution >= 0.6 is 0 Å². The number of esters is 1. The van der Waals surface area contributed by atoms with Crippen LogP contribution < -0.4 is 4.90 Å². The van der Waals surface area contributed by atoms with Crippen LogP contribution in [0.4, 0.5) is 0 Å². The number of benzene rings is 2. The molecule has 0 amide bonds. The number of hydrogen-bond acceptors (Lipinski definition) is 2. The molecule has 2 atom stereocenters. The number of aryl methyl sites for hydroxylation is 1. The molecular weight excluding hydrogens is 348 g/mol. The lowest BCUT2D eigenvalue weighted by Crippen LogP contribution is -3.12. The predicted octanol–water partition coefficient (Wildman–Crippen LogP) is 3.29. The normalized spacial score (nSPS) is 20.8. The second kappa shape index (κ2) is 7.10. The molecule has 0 bridgehead atoms. The van der Waals surface area contributed by atoms with E-state index in [1.54, 1.807) is 4.90 Å². The summed E-state index contributed by atoms with van der Waals surface area (Å²) in [5, 5.41) is 1.26. The average Bonchev–Trinajstić information content (AvgIpc) is 3.06. The van der Waals surface area contributed by atoms with E-state index in [1.807, 2.05) is 13.0 Å². The van der Waals surface area contributed by atoms with Crippen molar-refractivity contribution in [3.8, 4) is 0 Å². The number of aromatic nitrogens is 1. The number of quaternary nitrogens is 1. The molecule has 28 heavy (non-hydrogen) atoms. The third kappa shape index (κ3) is 2.83. The van der Waals surface area contributed by atoms with Gasteiger partial charge in [-0.1, -0.05) is 30.3 Å². The van der Waals surface area contributed by atoms with Crippen LogP contribution in [0.1, 0.15) is 53.0 Å². The summed E-state index contributed by atoms with van der Waals surface area (Å²) in [5.74, 6) is -0.218. The van der Waals surface area contributed by atoms with Gasteiger partial charge in [0.2, 0.25) is 0 Å². The van der Waals surface area contributed by atoms with Crippen molar-refractivity contribution in [3.63, 3.8) is 0 Å². The highest BCUT2D eigenvalue weighted by Gasteiger charge is 2.37. The number of hydrogen-bond donors (Lipinski definition) is 1. The Labute approximate surface area is 165 Å². The molecule has 2 heterocycles. The van der Waals surface area contributed by atoms with Crippen LogP contribution in [0.15, 0.2) is 48.5 Å². The van der Waals surface area contributed by atoms with Gasteiger partial charge in [0.05, 0.1) is 31.0 Å². The lowest BCUT2D eigenvalue weighted by Gasteiger charge is -2.37. The SMILES string of the molecule is CCOC(=O)c1ccc2c(c1)c1c3n2CC[NH+](Cc2ccccc2)[C@@H]3CCC1. The molecule has 3 aromatic rings. The topological polar surface area (TPSA) is 35.7 Å². The maximum absolute atomic E-state index is 12.2. The minimum Gasteiger partial charge on any atom is -0.462 e. The maximum Gasteiger partial charge on any atom is 0.338 e. The van der Waals surface area contributed by atoms with Crippen LogP contribution in [0.3, 0.4) is 0 Å². The van der Waals surface area contributed by atoms with Gasteiger partial charge < -0.3 is 14.2 Å². The molecule has 1 aromatic heterocycles. The number of ether oxygens (including phenoxy) is 1. The molecule has 1 aliphatic carbocycles. The van der Waals surface area contributed by atoms with Gasteiger partial charge >= 0.3 is 5.97 Å². The molecule has 1 N–H and O–H groups in total. The Balaban J connectivity index is 1.55. The summed E-state index contributed by atoms with van der Waals surface area (Å²) in [6.45, 7) is 5.54. The van der Waals surface area contributed by atoms with Crippen molar-refractivity contribution in [2.45, 2.75) is 45.3 Å². The summed E-state index contributed by atoms with van der Waals surface area (Å²) in [6, 6.07) is 17.5. The second-order valence-electron chi connectivity index (χ2n) is 7.98. The van der Waals surface area contributed by atoms with E-state index in [2.05, 4.69) is 47.0 Å². The van der Waals surface area contributed by atoms with Crippen LogP contribution in [0, 0.1) is 0 Å². The Hall–Kier alpha value is -2.59. The Bertz CT molecular complexity index is 1020. The number of rotatable bonds is 4. The lowest BCUT2D eigenvalue weighted by atomic mass is 9.89. The van der Waals surface area contributed by atoms with Gasteiger partial charge in [-0.15, -0.1) is 0 Å². The van der Waals surface area contributed by atoms with Gasteiger partial charge in [-0.3, -0.25) is 0 Å². The smallest absolute Gasteiger partial charge is 0.338 e. The molecule has 2 aliphatic rings. The fourth-order valence-electron chi connectivity index (χ4n) is 5.20. The van der Waals surface area contributed by atoms with Crippen molar-refractivity contribution in [3.05, 3.63) is 70.9 Å². The third-order valence-corrected chi connectivity index (χ3v) is 6.40. The summed E-state index contributed by atoms with van der Waals surface area (Å²) < 4.78 is 7.75. The van der Waals surface area contributed by atoms with E-state index in [0.29, 0.717) is 18.2 Å². The highest BCUT2D eigenvalue weighted by molar-refractivity contribution is 5.96. The van der Waals surface area contributed by atoms with Gasteiger partial charge in [0.1, 0.15) is 12.6 Å². The van der Waals surface area contributed by atoms with E-state index in [-0.39, 0.29) is 5.97 Å². The zero-order valence-corrected chi connectivity index (χ0v) is 16.4. The number of fused-ring (bicyclic) bond motifs is 3. The molecule has 2 aromatic carbocycles. The molecule has 0 spiro atoms. The molecule has 144 valence electrons. The number of nitrogens with zero attached hydrogens (tertiary/aromatic N) is 1. The van der Waals surface area contributed by atoms with Gasteiger partial charge in [0.15, 0.2) is 0 Å². The summed E-state index contributed by atoms with van der Waals surface area (Å²) in [6.07, 6.45) is 3.58. The fraction of sp³-hybridized carbons (Fsp3) is 0.375. The van der Waals surface area contributed by atoms with Crippen molar-refractivity contribution in [2.75, 3.05) is 13.2 Å². The third-order valence-electron chi connectivity index (χ3n) is 6.40. The number of nitrogens with one attached hydrogen (secondary N) is 1. The number of carbonyl (C=O) groups is 1. The van der Waals surface area contributed by atoms with E-state index >= 15 is 0 Å². The lowest BCUT2D eigenvalue weighted by molar-refractivity contribution is -0.950. The molecule has 5 rings (SSSR count). The summed E-state index contributed by atoms with van der Waals surface area (Å²) in [4.78, 5) is 13.9. The van der Waals surface area contributed by atoms with Crippen LogP contribution in [-0.4, -0.2) is 23.7 Å². The molecule has 0 saturated carbocycles. The first-order valence-corrected chi connectivity index (χ1v) is 10.5. The first-order valence-electron chi connectivity index (χ1n) is 10.5. The molecule has 0 fully saturated rings. The van der Waals surface area contributed by atoms with Crippen molar-refractivity contribution >= 4 is 16.9 Å². The standard InChI is InChI=1S/C24H26N2O2/c1-2-28-24(27)18-11-12-21-20(15-18)19-9-6-10-22-23(19)26(21)14-13-25(22)16-17-7-4-3-5-8-17/h3-5,7-8,11-12,15,22H,2,6,9-10,13-14,16H2,1H3/p+1/t22-/m1/s1. The Morgan fingerprint density at radius 3 is 2.89 bits per heavy atom. The van der Waals surface area contributed by atoms with Crippen molar-refractivity contribution in [1.29, 1.82) is 0 Å². The Kier molecular flexibility index (Phi) is 4.44. The summed E-state index contributed by atoms with van der Waals surface area (Å²) >= 11 is 0. The fourth-order valence-corrected chi connectivity index (χ4v) is 5.20. The maximum atomic E-state index is 12.2. The van der Waals surface area contributed by atoms with Crippen LogP contribution in [-0.2, 0) is 24.2 Å². The highest BCUT2D eigenvalue weighted by atomic mass is 16.5. The zero-order valence-electron chi connectivity index (χ0n) is 16.4. The highest BCUT2D eigenvalue weighted by Crippen LogP contribution is 2.38. The molecule has 1 unspecified atom stereocenters. The van der Waals surface area contributed by atoms with E-state index in [9.17, 15) is 4.79 Å². The first kappa shape index (κ1) is 17.5. The van der Waals surface area contributed by atoms with Gasteiger partial charge in [-0.05, 0) is 43.5 Å². The molecule has 0 radical (unpaired) electrons. The van der Waals surface area contributed by atoms with Gasteiger partial charge in [-0.25, -0.2) is 4.79 Å². The summed E-state index contributed by atoms with van der Waals surface area (Å²) in [7, 11) is 0. The minimum atomic E-state index is -0.218. The van der Waals surface area contributed by atoms with Gasteiger partial charge in [0.25, 0.3) is 0 Å². The quantitative estimate of drug-likeness (QED) is 0.711. The van der Waals surface area contributed by atoms with Crippen molar-refractivity contribution in [1.82, 2.24) is 4.57 Å². The largest absolute Gasteiger partial charge is 0.462 e. The molecular formula is C24H27N2O2+. The predicted molar refractivity (Wildman–Crippen MR) is 110 cm³/mol. The van der Waals surface area contributed by atoms with Gasteiger partial charge in [0, 0.05) is 22.9 Å². The Morgan fingerprint density at radius 2 is 2.07 bits per heavy atom. The average molecular weight is 375 g/mol. The van der Waals surface area contributed by atoms with Crippen LogP contribution in [0.2, 0.25) is 0 Å². The van der Waals surface area contributed by atoms with Gasteiger partial charge in [-0.2, -0.15) is 0 Å². The molecule has 0 saturated heterocycles. The molecule has 1 aliphatic heterocycles. The Morgan fingerprint density at radius 1 is 1.21 bits per heavy atom. The van der Waals surface area contributed by atoms with E-state index in [1.165, 1.54) is 40.6 Å². The van der Waals surface area contributed by atoms with E-state index < -0.39 is 0 Å².